The SMILES string of the molecule is O=C1OC(C(F)(F)F)(C(F)(F)F)N(CP(=O)(c2ccccc2)c2ccccc2)[C@@H]1c1ccccc1. The highest BCUT2D eigenvalue weighted by Gasteiger charge is 2.82. The van der Waals surface area contributed by atoms with Crippen molar-refractivity contribution in [1.82, 2.24) is 4.90 Å². The number of cyclic esters (lactones) is 1. The number of esters is 1. The van der Waals surface area contributed by atoms with Crippen LogP contribution in [0.4, 0.5) is 26.3 Å². The molecule has 0 aromatic heterocycles. The van der Waals surface area contributed by atoms with Gasteiger partial charge in [0.15, 0.2) is 7.14 Å². The minimum absolute atomic E-state index is 0.0376. The molecule has 4 nitrogen and oxygen atoms in total. The first kappa shape index (κ1) is 25.0. The van der Waals surface area contributed by atoms with Gasteiger partial charge in [0.25, 0.3) is 0 Å². The number of hydrogen-bond acceptors (Lipinski definition) is 4. The first-order valence-electron chi connectivity index (χ1n) is 10.3. The Kier molecular flexibility index (Phi) is 6.32. The zero-order valence-corrected chi connectivity index (χ0v) is 18.7. The molecular weight excluding hydrogens is 495 g/mol. The fourth-order valence-electron chi connectivity index (χ4n) is 4.17. The molecule has 0 aliphatic carbocycles. The highest BCUT2D eigenvalue weighted by Crippen LogP contribution is 2.58. The number of nitrogens with zero attached hydrogens (tertiary/aromatic N) is 1. The zero-order chi connectivity index (χ0) is 25.5. The van der Waals surface area contributed by atoms with Crippen LogP contribution in [0.3, 0.4) is 0 Å². The maximum atomic E-state index is 14.5. The Morgan fingerprint density at radius 1 is 0.743 bits per heavy atom. The maximum Gasteiger partial charge on any atom is 0.453 e. The Hall–Kier alpha value is -3.10. The average Bonchev–Trinajstić information content (AvgIpc) is 3.13. The van der Waals surface area contributed by atoms with Crippen LogP contribution in [0.15, 0.2) is 91.0 Å². The summed E-state index contributed by atoms with van der Waals surface area (Å²) in [5, 5.41) is 0.0752. The van der Waals surface area contributed by atoms with E-state index in [-0.39, 0.29) is 21.1 Å². The standard InChI is InChI=1S/C24H18F6NO3P/c25-23(26,27)22(24(28,29)30)31(20(21(32)34-22)17-10-4-1-5-11-17)16-35(33,18-12-6-2-7-13-18)19-14-8-3-9-15-19/h1-15,20H,16H2/t20-/m1/s1. The summed E-state index contributed by atoms with van der Waals surface area (Å²) in [6.07, 6.45) is -13.4. The van der Waals surface area contributed by atoms with Crippen molar-refractivity contribution >= 4 is 23.7 Å². The number of carbonyl (C=O) groups excluding carboxylic acids is 1. The molecule has 0 N–H and O–H groups in total. The first-order valence-corrected chi connectivity index (χ1v) is 12.2. The summed E-state index contributed by atoms with van der Waals surface area (Å²) in [4.78, 5) is 12.6. The Morgan fingerprint density at radius 3 is 1.54 bits per heavy atom. The number of benzene rings is 3. The van der Waals surface area contributed by atoms with Gasteiger partial charge in [0.2, 0.25) is 0 Å². The van der Waals surface area contributed by atoms with Crippen molar-refractivity contribution in [2.24, 2.45) is 0 Å². The number of ether oxygens (including phenoxy) is 1. The van der Waals surface area contributed by atoms with E-state index in [1.165, 1.54) is 78.9 Å². The van der Waals surface area contributed by atoms with Gasteiger partial charge < -0.3 is 9.30 Å². The molecule has 184 valence electrons. The largest absolute Gasteiger partial charge is 0.453 e. The Balaban J connectivity index is 1.99. The molecule has 4 rings (SSSR count). The summed E-state index contributed by atoms with van der Waals surface area (Å²) in [5.41, 5.74) is -5.14. The summed E-state index contributed by atoms with van der Waals surface area (Å²) in [6.45, 7) is 0. The molecule has 11 heteroatoms. The third kappa shape index (κ3) is 4.15. The van der Waals surface area contributed by atoms with Crippen molar-refractivity contribution in [3.8, 4) is 0 Å². The highest BCUT2D eigenvalue weighted by molar-refractivity contribution is 7.78. The fourth-order valence-corrected chi connectivity index (χ4v) is 6.89. The van der Waals surface area contributed by atoms with E-state index in [9.17, 15) is 35.7 Å². The van der Waals surface area contributed by atoms with Crippen LogP contribution < -0.4 is 10.6 Å². The quantitative estimate of drug-likeness (QED) is 0.261. The molecule has 0 unspecified atom stereocenters. The van der Waals surface area contributed by atoms with Crippen LogP contribution in [0.25, 0.3) is 0 Å². The predicted octanol–water partition coefficient (Wildman–Crippen LogP) is 5.38. The second kappa shape index (κ2) is 8.84. The molecule has 0 amide bonds. The van der Waals surface area contributed by atoms with Gasteiger partial charge >= 0.3 is 24.0 Å². The molecule has 0 radical (unpaired) electrons. The van der Waals surface area contributed by atoms with Gasteiger partial charge in [-0.05, 0) is 5.56 Å². The van der Waals surface area contributed by atoms with E-state index in [0.29, 0.717) is 0 Å². The molecule has 0 spiro atoms. The molecule has 1 aliphatic rings. The van der Waals surface area contributed by atoms with Crippen LogP contribution in [0.1, 0.15) is 11.6 Å². The fraction of sp³-hybridized carbons (Fsp3) is 0.208. The minimum atomic E-state index is -6.08. The van der Waals surface area contributed by atoms with Crippen molar-refractivity contribution in [2.75, 3.05) is 6.29 Å². The van der Waals surface area contributed by atoms with Gasteiger partial charge in [0.1, 0.15) is 6.04 Å². The van der Waals surface area contributed by atoms with Crippen molar-refractivity contribution in [2.45, 2.75) is 24.1 Å². The third-order valence-corrected chi connectivity index (χ3v) is 8.74. The maximum absolute atomic E-state index is 14.5. The van der Waals surface area contributed by atoms with Gasteiger partial charge in [-0.25, -0.2) is 9.69 Å². The first-order chi connectivity index (χ1) is 16.4. The normalized spacial score (nSPS) is 18.9. The lowest BCUT2D eigenvalue weighted by Crippen LogP contribution is -2.66. The van der Waals surface area contributed by atoms with Gasteiger partial charge in [-0.15, -0.1) is 0 Å². The van der Waals surface area contributed by atoms with E-state index in [2.05, 4.69) is 4.74 Å². The van der Waals surface area contributed by atoms with Gasteiger partial charge in [-0.3, -0.25) is 0 Å². The van der Waals surface area contributed by atoms with Crippen LogP contribution in [0, 0.1) is 0 Å². The van der Waals surface area contributed by atoms with E-state index in [1.54, 1.807) is 12.1 Å². The van der Waals surface area contributed by atoms with Crippen LogP contribution in [0.5, 0.6) is 0 Å². The third-order valence-electron chi connectivity index (χ3n) is 5.77. The Bertz CT molecular complexity index is 1180. The molecule has 0 bridgehead atoms. The highest BCUT2D eigenvalue weighted by atomic mass is 31.2. The van der Waals surface area contributed by atoms with E-state index in [4.69, 9.17) is 0 Å². The zero-order valence-electron chi connectivity index (χ0n) is 17.8. The Morgan fingerprint density at radius 2 is 1.14 bits per heavy atom. The topological polar surface area (TPSA) is 46.6 Å². The van der Waals surface area contributed by atoms with Crippen LogP contribution in [0.2, 0.25) is 0 Å². The lowest BCUT2D eigenvalue weighted by molar-refractivity contribution is -0.400. The van der Waals surface area contributed by atoms with Gasteiger partial charge in [-0.2, -0.15) is 26.3 Å². The van der Waals surface area contributed by atoms with Gasteiger partial charge in [-0.1, -0.05) is 91.0 Å². The van der Waals surface area contributed by atoms with Crippen molar-refractivity contribution in [1.29, 1.82) is 0 Å². The van der Waals surface area contributed by atoms with Crippen LogP contribution in [-0.2, 0) is 14.1 Å². The van der Waals surface area contributed by atoms with E-state index >= 15 is 0 Å². The number of carbonyl (C=O) groups is 1. The predicted molar refractivity (Wildman–Crippen MR) is 117 cm³/mol. The molecule has 35 heavy (non-hydrogen) atoms. The molecular formula is C24H18F6NO3P. The second-order valence-corrected chi connectivity index (χ2v) is 10.7. The molecule has 1 saturated heterocycles. The summed E-state index contributed by atoms with van der Waals surface area (Å²) in [5.74, 6) is -1.74. The van der Waals surface area contributed by atoms with Gasteiger partial charge in [0.05, 0.1) is 6.29 Å². The van der Waals surface area contributed by atoms with Crippen molar-refractivity contribution in [3.63, 3.8) is 0 Å². The number of rotatable bonds is 5. The van der Waals surface area contributed by atoms with E-state index in [0.717, 1.165) is 0 Å². The van der Waals surface area contributed by atoms with Crippen molar-refractivity contribution < 1.29 is 40.4 Å². The molecule has 3 aromatic carbocycles. The molecule has 1 fully saturated rings. The molecule has 0 saturated carbocycles. The smallest absolute Gasteiger partial charge is 0.423 e. The monoisotopic (exact) mass is 513 g/mol. The van der Waals surface area contributed by atoms with Crippen molar-refractivity contribution in [3.05, 3.63) is 96.6 Å². The molecule has 1 aliphatic heterocycles. The van der Waals surface area contributed by atoms with E-state index in [1.807, 2.05) is 0 Å². The summed E-state index contributed by atoms with van der Waals surface area (Å²) < 4.78 is 104. The summed E-state index contributed by atoms with van der Waals surface area (Å²) >= 11 is 0. The van der Waals surface area contributed by atoms with Crippen LogP contribution >= 0.6 is 7.14 Å². The van der Waals surface area contributed by atoms with Gasteiger partial charge in [0, 0.05) is 10.6 Å². The molecule has 1 atom stereocenters. The van der Waals surface area contributed by atoms with Crippen LogP contribution in [-0.4, -0.2) is 35.2 Å². The van der Waals surface area contributed by atoms with E-state index < -0.39 is 43.5 Å². The second-order valence-electron chi connectivity index (χ2n) is 7.90. The number of halogens is 6. The lowest BCUT2D eigenvalue weighted by Gasteiger charge is -2.40. The molecule has 3 aromatic rings. The summed E-state index contributed by atoms with van der Waals surface area (Å²) in [6, 6.07) is 19.1. The number of alkyl halides is 6. The molecule has 1 heterocycles. The minimum Gasteiger partial charge on any atom is -0.423 e. The summed E-state index contributed by atoms with van der Waals surface area (Å²) in [7, 11) is -4.18. The lowest BCUT2D eigenvalue weighted by atomic mass is 10.0. The Labute approximate surface area is 196 Å². The average molecular weight is 513 g/mol. The number of hydrogen-bond donors (Lipinski definition) is 0.